The van der Waals surface area contributed by atoms with E-state index >= 15 is 0 Å². The van der Waals surface area contributed by atoms with Crippen LogP contribution in [0.5, 0.6) is 0 Å². The normalized spacial score (nSPS) is 23.8. The Kier molecular flexibility index (Phi) is 3.65. The van der Waals surface area contributed by atoms with Gasteiger partial charge in [-0.2, -0.15) is 0 Å². The lowest BCUT2D eigenvalue weighted by Crippen LogP contribution is -2.43. The highest BCUT2D eigenvalue weighted by atomic mass is 19.3. The Labute approximate surface area is 79.1 Å². The van der Waals surface area contributed by atoms with Gasteiger partial charge in [0.05, 0.1) is 6.54 Å². The molecule has 0 saturated carbocycles. The van der Waals surface area contributed by atoms with E-state index in [4.69, 9.17) is 0 Å². The number of hydrogen-bond acceptors (Lipinski definition) is 1. The molecule has 0 amide bonds. The minimum absolute atomic E-state index is 0.0558. The number of piperidine rings is 1. The smallest absolute Gasteiger partial charge is 0.260 e. The summed E-state index contributed by atoms with van der Waals surface area (Å²) in [7, 11) is 0. The van der Waals surface area contributed by atoms with Gasteiger partial charge in [-0.3, -0.25) is 4.90 Å². The summed E-state index contributed by atoms with van der Waals surface area (Å²) < 4.78 is 25.8. The Balaban J connectivity index is 2.26. The second-order valence-corrected chi connectivity index (χ2v) is 4.13. The summed E-state index contributed by atoms with van der Waals surface area (Å²) in [6.45, 7) is 7.39. The number of likely N-dealkylation sites (tertiary alicyclic amines) is 1. The van der Waals surface area contributed by atoms with Crippen molar-refractivity contribution in [3.8, 4) is 0 Å². The first-order valence-corrected chi connectivity index (χ1v) is 4.93. The zero-order valence-electron chi connectivity index (χ0n) is 8.23. The largest absolute Gasteiger partial charge is 0.297 e. The molecular weight excluding hydrogens is 172 g/mol. The van der Waals surface area contributed by atoms with Crippen molar-refractivity contribution < 1.29 is 8.78 Å². The Hall–Kier alpha value is -0.180. The molecule has 1 aliphatic rings. The van der Waals surface area contributed by atoms with E-state index in [0.717, 1.165) is 19.5 Å². The van der Waals surface area contributed by atoms with Crippen LogP contribution in [0.2, 0.25) is 0 Å². The van der Waals surface area contributed by atoms with Gasteiger partial charge < -0.3 is 0 Å². The highest BCUT2D eigenvalue weighted by Crippen LogP contribution is 2.26. The zero-order chi connectivity index (χ0) is 9.90. The molecule has 1 fully saturated rings. The minimum atomic E-state index is -2.46. The summed E-state index contributed by atoms with van der Waals surface area (Å²) in [6.07, 6.45) is 1.60. The van der Waals surface area contributed by atoms with Crippen molar-refractivity contribution in [2.24, 2.45) is 5.92 Å². The molecule has 0 N–H and O–H groups in total. The first-order chi connectivity index (χ1) is 5.99. The van der Waals surface area contributed by atoms with Crippen molar-refractivity contribution in [1.29, 1.82) is 0 Å². The van der Waals surface area contributed by atoms with Crippen LogP contribution in [0, 0.1) is 12.8 Å². The third kappa shape index (κ3) is 4.03. The monoisotopic (exact) mass is 190 g/mol. The Morgan fingerprint density at radius 1 is 1.54 bits per heavy atom. The van der Waals surface area contributed by atoms with Crippen LogP contribution in [-0.4, -0.2) is 30.5 Å². The number of halogens is 2. The molecule has 77 valence electrons. The quantitative estimate of drug-likeness (QED) is 0.661. The van der Waals surface area contributed by atoms with E-state index in [2.05, 4.69) is 6.92 Å². The summed E-state index contributed by atoms with van der Waals surface area (Å²) in [4.78, 5) is 1.85. The Morgan fingerprint density at radius 2 is 2.23 bits per heavy atom. The minimum Gasteiger partial charge on any atom is -0.297 e. The number of nitrogens with zero attached hydrogens (tertiary/aromatic N) is 1. The van der Waals surface area contributed by atoms with Crippen molar-refractivity contribution in [3.05, 3.63) is 6.92 Å². The summed E-state index contributed by atoms with van der Waals surface area (Å²) in [6, 6.07) is 0. The van der Waals surface area contributed by atoms with Gasteiger partial charge in [-0.05, 0) is 31.8 Å². The van der Waals surface area contributed by atoms with E-state index in [1.165, 1.54) is 0 Å². The first kappa shape index (κ1) is 10.9. The molecule has 1 atom stereocenters. The molecule has 13 heavy (non-hydrogen) atoms. The lowest BCUT2D eigenvalue weighted by Gasteiger charge is -2.32. The lowest BCUT2D eigenvalue weighted by atomic mass is 10.1. The van der Waals surface area contributed by atoms with Gasteiger partial charge in [0, 0.05) is 6.42 Å². The van der Waals surface area contributed by atoms with Gasteiger partial charge in [-0.1, -0.05) is 13.8 Å². The van der Waals surface area contributed by atoms with Crippen molar-refractivity contribution in [3.63, 3.8) is 0 Å². The van der Waals surface area contributed by atoms with Crippen LogP contribution >= 0.6 is 0 Å². The third-order valence-corrected chi connectivity index (χ3v) is 2.41. The van der Waals surface area contributed by atoms with Gasteiger partial charge in [0.15, 0.2) is 0 Å². The highest BCUT2D eigenvalue weighted by Gasteiger charge is 2.34. The molecular formula is C10H18F2N. The third-order valence-electron chi connectivity index (χ3n) is 2.41. The predicted octanol–water partition coefficient (Wildman–Crippen LogP) is 2.58. The van der Waals surface area contributed by atoms with E-state index in [1.807, 2.05) is 11.8 Å². The van der Waals surface area contributed by atoms with Crippen molar-refractivity contribution >= 4 is 0 Å². The Morgan fingerprint density at radius 3 is 2.77 bits per heavy atom. The van der Waals surface area contributed by atoms with Crippen LogP contribution in [0.4, 0.5) is 8.78 Å². The number of hydrogen-bond donors (Lipinski definition) is 0. The fourth-order valence-corrected chi connectivity index (χ4v) is 1.64. The van der Waals surface area contributed by atoms with Gasteiger partial charge in [0.2, 0.25) is 0 Å². The Bertz CT molecular complexity index is 157. The number of rotatable bonds is 3. The van der Waals surface area contributed by atoms with Crippen molar-refractivity contribution in [1.82, 2.24) is 4.90 Å². The van der Waals surface area contributed by atoms with Gasteiger partial charge in [0.1, 0.15) is 0 Å². The van der Waals surface area contributed by atoms with E-state index in [0.29, 0.717) is 12.3 Å². The molecule has 0 aromatic heterocycles. The fraction of sp³-hybridized carbons (Fsp3) is 0.900. The van der Waals surface area contributed by atoms with Crippen LogP contribution in [0.1, 0.15) is 26.2 Å². The molecule has 1 unspecified atom stereocenters. The fourth-order valence-electron chi connectivity index (χ4n) is 1.64. The van der Waals surface area contributed by atoms with Crippen LogP contribution in [0.25, 0.3) is 0 Å². The molecule has 1 nitrogen and oxygen atoms in total. The zero-order valence-corrected chi connectivity index (χ0v) is 8.23. The highest BCUT2D eigenvalue weighted by molar-refractivity contribution is 4.78. The van der Waals surface area contributed by atoms with Crippen molar-refractivity contribution in [2.75, 3.05) is 19.6 Å². The molecule has 0 aromatic carbocycles. The van der Waals surface area contributed by atoms with E-state index < -0.39 is 5.92 Å². The summed E-state index contributed by atoms with van der Waals surface area (Å²) in [5.41, 5.74) is 0. The van der Waals surface area contributed by atoms with Gasteiger partial charge in [0.25, 0.3) is 5.92 Å². The van der Waals surface area contributed by atoms with Crippen LogP contribution in [-0.2, 0) is 0 Å². The van der Waals surface area contributed by atoms with Gasteiger partial charge in [-0.15, -0.1) is 0 Å². The SMILES string of the molecule is [CH2]C(C)CCN1CCCC(F)(F)C1. The maximum absolute atomic E-state index is 12.9. The first-order valence-electron chi connectivity index (χ1n) is 4.93. The van der Waals surface area contributed by atoms with Crippen LogP contribution in [0.15, 0.2) is 0 Å². The molecule has 0 aliphatic carbocycles. The van der Waals surface area contributed by atoms with Gasteiger partial charge >= 0.3 is 0 Å². The average Bonchev–Trinajstić information content (AvgIpc) is 1.99. The molecule has 0 aromatic rings. The topological polar surface area (TPSA) is 3.24 Å². The van der Waals surface area contributed by atoms with Crippen LogP contribution < -0.4 is 0 Å². The molecule has 1 heterocycles. The summed E-state index contributed by atoms with van der Waals surface area (Å²) >= 11 is 0. The molecule has 0 bridgehead atoms. The maximum Gasteiger partial charge on any atom is 0.260 e. The van der Waals surface area contributed by atoms with Crippen LogP contribution in [0.3, 0.4) is 0 Å². The molecule has 1 saturated heterocycles. The van der Waals surface area contributed by atoms with E-state index in [-0.39, 0.29) is 13.0 Å². The second kappa shape index (κ2) is 4.36. The molecule has 1 aliphatic heterocycles. The van der Waals surface area contributed by atoms with E-state index in [1.54, 1.807) is 0 Å². The summed E-state index contributed by atoms with van der Waals surface area (Å²) in [5.74, 6) is -2.10. The lowest BCUT2D eigenvalue weighted by molar-refractivity contribution is -0.0644. The molecule has 3 heteroatoms. The van der Waals surface area contributed by atoms with E-state index in [9.17, 15) is 8.78 Å². The van der Waals surface area contributed by atoms with Gasteiger partial charge in [-0.25, -0.2) is 8.78 Å². The van der Waals surface area contributed by atoms with Crippen molar-refractivity contribution in [2.45, 2.75) is 32.1 Å². The summed E-state index contributed by atoms with van der Waals surface area (Å²) in [5, 5.41) is 0. The average molecular weight is 190 g/mol. The molecule has 1 radical (unpaired) electrons. The maximum atomic E-state index is 12.9. The second-order valence-electron chi connectivity index (χ2n) is 4.13. The molecule has 1 rings (SSSR count). The standard InChI is InChI=1S/C10H18F2N/c1-9(2)4-7-13-6-3-5-10(11,12)8-13/h9H,1,3-8H2,2H3. The number of alkyl halides is 2. The molecule has 0 spiro atoms. The predicted molar refractivity (Wildman–Crippen MR) is 49.8 cm³/mol.